The smallest absolute Gasteiger partial charge is 0.265 e. The van der Waals surface area contributed by atoms with Crippen LogP contribution in [0.15, 0.2) is 65.6 Å². The standard InChI is InChI=1S/C30H36FN3O8S/c1-7-32-30(36)20(2)33(18-21-10-8-9-11-24(21)31)29(35)19-34(25-16-22(39-3)12-14-26(25)40-4)43(37,38)23-13-15-27(41-5)28(17-23)42-6/h8-17,20H,7,18-19H2,1-6H3,(H,32,36)/t20-/m1/s1. The quantitative estimate of drug-likeness (QED) is 0.291. The van der Waals surface area contributed by atoms with Gasteiger partial charge in [0, 0.05) is 30.8 Å². The molecule has 1 N–H and O–H groups in total. The Bertz CT molecular complexity index is 1550. The molecule has 0 aromatic heterocycles. The molecular weight excluding hydrogens is 581 g/mol. The van der Waals surface area contributed by atoms with Crippen LogP contribution in [0.5, 0.6) is 23.0 Å². The number of benzene rings is 3. The van der Waals surface area contributed by atoms with Gasteiger partial charge in [0.05, 0.1) is 39.0 Å². The van der Waals surface area contributed by atoms with Gasteiger partial charge in [-0.2, -0.15) is 0 Å². The minimum atomic E-state index is -4.49. The van der Waals surface area contributed by atoms with Crippen molar-refractivity contribution in [1.29, 1.82) is 0 Å². The lowest BCUT2D eigenvalue weighted by atomic mass is 10.1. The maximum Gasteiger partial charge on any atom is 0.265 e. The molecule has 3 rings (SSSR count). The van der Waals surface area contributed by atoms with E-state index >= 15 is 0 Å². The van der Waals surface area contributed by atoms with Gasteiger partial charge < -0.3 is 29.2 Å². The number of likely N-dealkylation sites (N-methyl/N-ethyl adjacent to an activating group) is 1. The zero-order valence-corrected chi connectivity index (χ0v) is 25.7. The predicted molar refractivity (Wildman–Crippen MR) is 159 cm³/mol. The average Bonchev–Trinajstić information content (AvgIpc) is 3.02. The minimum absolute atomic E-state index is 0.00138. The molecular formula is C30H36FN3O8S. The van der Waals surface area contributed by atoms with Crippen LogP contribution in [0.3, 0.4) is 0 Å². The number of hydrogen-bond donors (Lipinski definition) is 1. The Balaban J connectivity index is 2.18. The van der Waals surface area contributed by atoms with Crippen molar-refractivity contribution < 1.29 is 41.3 Å². The maximum absolute atomic E-state index is 14.7. The number of methoxy groups -OCH3 is 4. The van der Waals surface area contributed by atoms with Crippen LogP contribution in [-0.2, 0) is 26.2 Å². The zero-order valence-electron chi connectivity index (χ0n) is 24.9. The third kappa shape index (κ3) is 7.47. The highest BCUT2D eigenvalue weighted by atomic mass is 32.2. The molecule has 0 fully saturated rings. The second kappa shape index (κ2) is 14.6. The molecule has 2 amide bonds. The van der Waals surface area contributed by atoms with E-state index in [1.165, 1.54) is 83.9 Å². The van der Waals surface area contributed by atoms with Gasteiger partial charge in [-0.3, -0.25) is 13.9 Å². The van der Waals surface area contributed by atoms with Crippen LogP contribution in [0.1, 0.15) is 19.4 Å². The summed E-state index contributed by atoms with van der Waals surface area (Å²) < 4.78 is 65.4. The Kier molecular flexibility index (Phi) is 11.2. The summed E-state index contributed by atoms with van der Waals surface area (Å²) >= 11 is 0. The average molecular weight is 618 g/mol. The van der Waals surface area contributed by atoms with Crippen molar-refractivity contribution in [1.82, 2.24) is 10.2 Å². The normalized spacial score (nSPS) is 11.7. The summed E-state index contributed by atoms with van der Waals surface area (Å²) in [4.78, 5) is 27.8. The molecule has 0 spiro atoms. The first-order chi connectivity index (χ1) is 20.5. The first-order valence-electron chi connectivity index (χ1n) is 13.3. The van der Waals surface area contributed by atoms with Crippen molar-refractivity contribution >= 4 is 27.5 Å². The summed E-state index contributed by atoms with van der Waals surface area (Å²) in [6, 6.07) is 13.3. The number of hydrogen-bond acceptors (Lipinski definition) is 8. The van der Waals surface area contributed by atoms with Crippen molar-refractivity contribution in [3.63, 3.8) is 0 Å². The van der Waals surface area contributed by atoms with Crippen molar-refractivity contribution in [2.24, 2.45) is 0 Å². The van der Waals surface area contributed by atoms with Gasteiger partial charge in [-0.1, -0.05) is 18.2 Å². The molecule has 0 saturated carbocycles. The van der Waals surface area contributed by atoms with Gasteiger partial charge in [0.2, 0.25) is 11.8 Å². The van der Waals surface area contributed by atoms with E-state index in [-0.39, 0.29) is 34.2 Å². The number of nitrogens with zero attached hydrogens (tertiary/aromatic N) is 2. The number of amides is 2. The van der Waals surface area contributed by atoms with Gasteiger partial charge in [-0.15, -0.1) is 0 Å². The first-order valence-corrected chi connectivity index (χ1v) is 14.7. The number of nitrogens with one attached hydrogen (secondary N) is 1. The fraction of sp³-hybridized carbons (Fsp3) is 0.333. The van der Waals surface area contributed by atoms with E-state index in [2.05, 4.69) is 5.32 Å². The van der Waals surface area contributed by atoms with E-state index in [1.807, 2.05) is 0 Å². The second-order valence-corrected chi connectivity index (χ2v) is 11.1. The molecule has 3 aromatic carbocycles. The number of ether oxygens (including phenoxy) is 4. The lowest BCUT2D eigenvalue weighted by molar-refractivity contribution is -0.139. The summed E-state index contributed by atoms with van der Waals surface area (Å²) in [7, 11) is 1.05. The Labute approximate surface area is 251 Å². The molecule has 0 bridgehead atoms. The molecule has 11 nitrogen and oxygen atoms in total. The van der Waals surface area contributed by atoms with E-state index < -0.39 is 40.2 Å². The number of rotatable bonds is 14. The van der Waals surface area contributed by atoms with Crippen LogP contribution in [0.2, 0.25) is 0 Å². The molecule has 13 heteroatoms. The molecule has 1 atom stereocenters. The van der Waals surface area contributed by atoms with Crippen LogP contribution in [0, 0.1) is 5.82 Å². The van der Waals surface area contributed by atoms with Gasteiger partial charge in [-0.05, 0) is 44.2 Å². The minimum Gasteiger partial charge on any atom is -0.497 e. The highest BCUT2D eigenvalue weighted by molar-refractivity contribution is 7.92. The molecule has 3 aromatic rings. The molecule has 0 aliphatic heterocycles. The Morgan fingerprint density at radius 2 is 1.53 bits per heavy atom. The van der Waals surface area contributed by atoms with Crippen molar-refractivity contribution in [3.05, 3.63) is 72.0 Å². The molecule has 0 unspecified atom stereocenters. The third-order valence-electron chi connectivity index (χ3n) is 6.69. The lowest BCUT2D eigenvalue weighted by Gasteiger charge is -2.32. The molecule has 0 aliphatic rings. The topological polar surface area (TPSA) is 124 Å². The zero-order chi connectivity index (χ0) is 31.7. The second-order valence-electron chi connectivity index (χ2n) is 9.25. The highest BCUT2D eigenvalue weighted by Crippen LogP contribution is 2.37. The molecule has 43 heavy (non-hydrogen) atoms. The Morgan fingerprint density at radius 1 is 0.884 bits per heavy atom. The summed E-state index contributed by atoms with van der Waals surface area (Å²) in [5, 5.41) is 2.66. The monoisotopic (exact) mass is 617 g/mol. The van der Waals surface area contributed by atoms with Gasteiger partial charge in [0.25, 0.3) is 10.0 Å². The van der Waals surface area contributed by atoms with Crippen molar-refractivity contribution in [2.45, 2.75) is 31.3 Å². The Morgan fingerprint density at radius 3 is 2.14 bits per heavy atom. The molecule has 0 heterocycles. The van der Waals surface area contributed by atoms with E-state index in [9.17, 15) is 22.4 Å². The third-order valence-corrected chi connectivity index (χ3v) is 8.45. The van der Waals surface area contributed by atoms with Crippen molar-refractivity contribution in [3.8, 4) is 23.0 Å². The number of sulfonamides is 1. The van der Waals surface area contributed by atoms with Crippen LogP contribution < -0.4 is 28.6 Å². The Hall–Kier alpha value is -4.52. The number of carbonyl (C=O) groups is 2. The summed E-state index contributed by atoms with van der Waals surface area (Å²) in [5.74, 6) is -0.942. The molecule has 0 saturated heterocycles. The number of halogens is 1. The largest absolute Gasteiger partial charge is 0.497 e. The molecule has 232 valence electrons. The molecule has 0 radical (unpaired) electrons. The van der Waals surface area contributed by atoms with E-state index in [1.54, 1.807) is 19.1 Å². The fourth-order valence-electron chi connectivity index (χ4n) is 4.32. The van der Waals surface area contributed by atoms with E-state index in [4.69, 9.17) is 18.9 Å². The van der Waals surface area contributed by atoms with Crippen LogP contribution >= 0.6 is 0 Å². The lowest BCUT2D eigenvalue weighted by Crippen LogP contribution is -2.51. The molecule has 0 aliphatic carbocycles. The van der Waals surface area contributed by atoms with Crippen LogP contribution in [-0.4, -0.2) is 72.7 Å². The number of anilines is 1. The van der Waals surface area contributed by atoms with Crippen LogP contribution in [0.25, 0.3) is 0 Å². The maximum atomic E-state index is 14.7. The summed E-state index contributed by atoms with van der Waals surface area (Å²) in [5.41, 5.74) is 0.154. The SMILES string of the molecule is CCNC(=O)[C@@H](C)N(Cc1ccccc1F)C(=O)CN(c1cc(OC)ccc1OC)S(=O)(=O)c1ccc(OC)c(OC)c1. The van der Waals surface area contributed by atoms with E-state index in [0.29, 0.717) is 18.0 Å². The summed E-state index contributed by atoms with van der Waals surface area (Å²) in [6.45, 7) is 2.45. The number of carbonyl (C=O) groups excluding carboxylic acids is 2. The van der Waals surface area contributed by atoms with Crippen LogP contribution in [0.4, 0.5) is 10.1 Å². The summed E-state index contributed by atoms with van der Waals surface area (Å²) in [6.07, 6.45) is 0. The van der Waals surface area contributed by atoms with Crippen molar-refractivity contribution in [2.75, 3.05) is 45.8 Å². The van der Waals surface area contributed by atoms with Gasteiger partial charge >= 0.3 is 0 Å². The van der Waals surface area contributed by atoms with Gasteiger partial charge in [0.1, 0.15) is 29.9 Å². The first kappa shape index (κ1) is 33.0. The van der Waals surface area contributed by atoms with Gasteiger partial charge in [-0.25, -0.2) is 12.8 Å². The van der Waals surface area contributed by atoms with Gasteiger partial charge in [0.15, 0.2) is 11.5 Å². The highest BCUT2D eigenvalue weighted by Gasteiger charge is 2.34. The fourth-order valence-corrected chi connectivity index (χ4v) is 5.76. The predicted octanol–water partition coefficient (Wildman–Crippen LogP) is 3.61. The van der Waals surface area contributed by atoms with E-state index in [0.717, 1.165) is 9.21 Å².